The quantitative estimate of drug-likeness (QED) is 0.618. The Morgan fingerprint density at radius 3 is 2.35 bits per heavy atom. The van der Waals surface area contributed by atoms with E-state index in [1.165, 1.54) is 0 Å². The van der Waals surface area contributed by atoms with Crippen LogP contribution in [0.2, 0.25) is 0 Å². The molecule has 1 aliphatic heterocycles. The van der Waals surface area contributed by atoms with Crippen LogP contribution in [-0.2, 0) is 27.9 Å². The maximum absolute atomic E-state index is 12.1. The van der Waals surface area contributed by atoms with Gasteiger partial charge in [0.25, 0.3) is 6.47 Å². The van der Waals surface area contributed by atoms with Gasteiger partial charge in [0.2, 0.25) is 5.91 Å². The smallest absolute Gasteiger partial charge is 0.317 e. The highest BCUT2D eigenvalue weighted by molar-refractivity contribution is 5.76. The van der Waals surface area contributed by atoms with Gasteiger partial charge < -0.3 is 15.5 Å². The molecule has 9 nitrogen and oxygen atoms in total. The van der Waals surface area contributed by atoms with Gasteiger partial charge in [0, 0.05) is 38.3 Å². The number of rotatable bonds is 6. The molecule has 1 saturated heterocycles. The van der Waals surface area contributed by atoms with Crippen LogP contribution in [0.25, 0.3) is 0 Å². The molecule has 0 saturated carbocycles. The van der Waals surface area contributed by atoms with Crippen molar-refractivity contribution < 1.29 is 24.6 Å². The first-order valence-electron chi connectivity index (χ1n) is 8.58. The van der Waals surface area contributed by atoms with Gasteiger partial charge in [-0.05, 0) is 38.7 Å². The average molecular weight is 368 g/mol. The Hall–Kier alpha value is -2.42. The highest BCUT2D eigenvalue weighted by Crippen LogP contribution is 2.15. The predicted octanol–water partition coefficient (Wildman–Crippen LogP) is 0.336. The summed E-state index contributed by atoms with van der Waals surface area (Å²) in [5.41, 5.74) is 3.25. The molecular weight excluding hydrogens is 340 g/mol. The topological polar surface area (TPSA) is 125 Å². The van der Waals surface area contributed by atoms with E-state index in [2.05, 4.69) is 10.4 Å². The van der Waals surface area contributed by atoms with E-state index in [-0.39, 0.29) is 25.0 Å². The second kappa shape index (κ2) is 10.5. The van der Waals surface area contributed by atoms with Crippen molar-refractivity contribution in [3.8, 4) is 0 Å². The first-order chi connectivity index (χ1) is 12.3. The Bertz CT molecular complexity index is 621. The molecule has 2 heterocycles. The Kier molecular flexibility index (Phi) is 8.77. The number of carbonyl (C=O) groups excluding carboxylic acids is 1. The zero-order chi connectivity index (χ0) is 19.7. The normalized spacial score (nSPS) is 15.0. The first kappa shape index (κ1) is 21.6. The van der Waals surface area contributed by atoms with E-state index in [9.17, 15) is 9.59 Å². The summed E-state index contributed by atoms with van der Waals surface area (Å²) in [6, 6.07) is 0.156. The molecule has 1 amide bonds. The van der Waals surface area contributed by atoms with Crippen molar-refractivity contribution in [3.05, 3.63) is 17.0 Å². The lowest BCUT2D eigenvalue weighted by Crippen LogP contribution is -2.45. The van der Waals surface area contributed by atoms with Gasteiger partial charge in [-0.2, -0.15) is 5.10 Å². The van der Waals surface area contributed by atoms with Gasteiger partial charge in [0.15, 0.2) is 0 Å². The van der Waals surface area contributed by atoms with E-state index in [0.717, 1.165) is 42.9 Å². The predicted molar refractivity (Wildman–Crippen MR) is 94.9 cm³/mol. The number of carbonyl (C=O) groups is 3. The van der Waals surface area contributed by atoms with Crippen molar-refractivity contribution in [2.24, 2.45) is 7.05 Å². The van der Waals surface area contributed by atoms with Gasteiger partial charge in [-0.3, -0.25) is 24.0 Å². The summed E-state index contributed by atoms with van der Waals surface area (Å²) < 4.78 is 1.85. The van der Waals surface area contributed by atoms with Crippen molar-refractivity contribution in [2.45, 2.75) is 45.6 Å². The first-order valence-corrected chi connectivity index (χ1v) is 8.58. The third-order valence-electron chi connectivity index (χ3n) is 4.57. The van der Waals surface area contributed by atoms with E-state index >= 15 is 0 Å². The number of hydrogen-bond acceptors (Lipinski definition) is 5. The standard InChI is InChI=1S/C16H26N4O3.CH2O2/c1-11-14(12(2)19(3)18-11)4-5-15(21)17-13-6-8-20(9-7-13)10-16(22)23;2-1-3/h13H,4-10H2,1-3H3,(H,17,21)(H,22,23);1H,(H,2,3). The van der Waals surface area contributed by atoms with Crippen molar-refractivity contribution in [1.29, 1.82) is 0 Å². The summed E-state index contributed by atoms with van der Waals surface area (Å²) in [7, 11) is 1.91. The molecule has 1 aromatic rings. The summed E-state index contributed by atoms with van der Waals surface area (Å²) in [4.78, 5) is 33.1. The van der Waals surface area contributed by atoms with Crippen LogP contribution >= 0.6 is 0 Å². The fraction of sp³-hybridized carbons (Fsp3) is 0.647. The Balaban J connectivity index is 0.00000105. The van der Waals surface area contributed by atoms with Gasteiger partial charge in [0.05, 0.1) is 12.2 Å². The molecule has 0 bridgehead atoms. The fourth-order valence-electron chi connectivity index (χ4n) is 3.14. The lowest BCUT2D eigenvalue weighted by Gasteiger charge is -2.31. The number of nitrogens with zero attached hydrogens (tertiary/aromatic N) is 3. The highest BCUT2D eigenvalue weighted by atomic mass is 16.4. The zero-order valence-corrected chi connectivity index (χ0v) is 15.6. The van der Waals surface area contributed by atoms with Crippen LogP contribution in [0.15, 0.2) is 0 Å². The van der Waals surface area contributed by atoms with Crippen LogP contribution in [0.5, 0.6) is 0 Å². The van der Waals surface area contributed by atoms with Gasteiger partial charge in [-0.1, -0.05) is 0 Å². The van der Waals surface area contributed by atoms with E-state index in [0.29, 0.717) is 12.8 Å². The molecule has 1 aliphatic rings. The molecule has 0 aromatic carbocycles. The summed E-state index contributed by atoms with van der Waals surface area (Å²) >= 11 is 0. The number of amides is 1. The Morgan fingerprint density at radius 1 is 1.31 bits per heavy atom. The Labute approximate surface area is 153 Å². The van der Waals surface area contributed by atoms with Crippen LogP contribution in [0, 0.1) is 13.8 Å². The zero-order valence-electron chi connectivity index (χ0n) is 15.6. The molecule has 1 aromatic heterocycles. The second-order valence-corrected chi connectivity index (χ2v) is 6.39. The molecule has 0 unspecified atom stereocenters. The van der Waals surface area contributed by atoms with E-state index < -0.39 is 5.97 Å². The molecular formula is C17H28N4O5. The average Bonchev–Trinajstić information content (AvgIpc) is 2.80. The van der Waals surface area contributed by atoms with E-state index in [1.807, 2.05) is 30.5 Å². The number of piperidine rings is 1. The summed E-state index contributed by atoms with van der Waals surface area (Å²) in [5.74, 6) is -0.737. The number of carboxylic acids is 1. The summed E-state index contributed by atoms with van der Waals surface area (Å²) in [6.07, 6.45) is 2.78. The number of aliphatic carboxylic acids is 1. The van der Waals surface area contributed by atoms with Gasteiger partial charge in [-0.25, -0.2) is 0 Å². The third-order valence-corrected chi connectivity index (χ3v) is 4.57. The second-order valence-electron chi connectivity index (χ2n) is 6.39. The van der Waals surface area contributed by atoms with Gasteiger partial charge in [-0.15, -0.1) is 0 Å². The number of aromatic nitrogens is 2. The molecule has 146 valence electrons. The van der Waals surface area contributed by atoms with Crippen LogP contribution in [0.1, 0.15) is 36.2 Å². The minimum atomic E-state index is -0.797. The molecule has 9 heteroatoms. The maximum atomic E-state index is 12.1. The Morgan fingerprint density at radius 2 is 1.88 bits per heavy atom. The van der Waals surface area contributed by atoms with E-state index in [1.54, 1.807) is 0 Å². The van der Waals surface area contributed by atoms with Crippen LogP contribution in [0.3, 0.4) is 0 Å². The lowest BCUT2D eigenvalue weighted by atomic mass is 10.0. The number of carboxylic acid groups (broad SMARTS) is 2. The molecule has 1 fully saturated rings. The van der Waals surface area contributed by atoms with Crippen LogP contribution < -0.4 is 5.32 Å². The fourth-order valence-corrected chi connectivity index (χ4v) is 3.14. The SMILES string of the molecule is Cc1nn(C)c(C)c1CCC(=O)NC1CCN(CC(=O)O)CC1.O=CO. The van der Waals surface area contributed by atoms with Crippen LogP contribution in [0.4, 0.5) is 0 Å². The van der Waals surface area contributed by atoms with Crippen molar-refractivity contribution >= 4 is 18.3 Å². The number of aryl methyl sites for hydroxylation is 2. The largest absolute Gasteiger partial charge is 0.483 e. The highest BCUT2D eigenvalue weighted by Gasteiger charge is 2.22. The van der Waals surface area contributed by atoms with Gasteiger partial charge in [0.1, 0.15) is 0 Å². The number of nitrogens with one attached hydrogen (secondary N) is 1. The minimum absolute atomic E-state index is 0.0596. The van der Waals surface area contributed by atoms with E-state index in [4.69, 9.17) is 15.0 Å². The minimum Gasteiger partial charge on any atom is -0.483 e. The molecule has 3 N–H and O–H groups in total. The number of hydrogen-bond donors (Lipinski definition) is 3. The molecule has 0 radical (unpaired) electrons. The molecule has 0 aliphatic carbocycles. The van der Waals surface area contributed by atoms with Crippen molar-refractivity contribution in [1.82, 2.24) is 20.0 Å². The van der Waals surface area contributed by atoms with Crippen molar-refractivity contribution in [3.63, 3.8) is 0 Å². The lowest BCUT2D eigenvalue weighted by molar-refractivity contribution is -0.138. The maximum Gasteiger partial charge on any atom is 0.317 e. The third kappa shape index (κ3) is 6.83. The molecule has 0 spiro atoms. The van der Waals surface area contributed by atoms with Gasteiger partial charge >= 0.3 is 5.97 Å². The molecule has 26 heavy (non-hydrogen) atoms. The van der Waals surface area contributed by atoms with Crippen LogP contribution in [-0.4, -0.2) is 68.9 Å². The molecule has 2 rings (SSSR count). The van der Waals surface area contributed by atoms with Crippen molar-refractivity contribution in [2.75, 3.05) is 19.6 Å². The molecule has 0 atom stereocenters. The monoisotopic (exact) mass is 368 g/mol. The summed E-state index contributed by atoms with van der Waals surface area (Å²) in [5, 5.41) is 23.1. The summed E-state index contributed by atoms with van der Waals surface area (Å²) in [6.45, 7) is 5.26. The number of likely N-dealkylation sites (tertiary alicyclic amines) is 1.